The molecule has 1 aliphatic heterocycles. The maximum absolute atomic E-state index is 5.29. The van der Waals surface area contributed by atoms with E-state index >= 15 is 0 Å². The Labute approximate surface area is 137 Å². The van der Waals surface area contributed by atoms with Gasteiger partial charge in [-0.05, 0) is 37.4 Å². The van der Waals surface area contributed by atoms with Gasteiger partial charge in [-0.1, -0.05) is 13.8 Å². The van der Waals surface area contributed by atoms with E-state index in [-0.39, 0.29) is 0 Å². The van der Waals surface area contributed by atoms with Gasteiger partial charge in [0.25, 0.3) is 0 Å². The number of ether oxygens (including phenoxy) is 1. The van der Waals surface area contributed by atoms with Crippen LogP contribution in [0, 0.1) is 5.92 Å². The first-order chi connectivity index (χ1) is 10.6. The highest BCUT2D eigenvalue weighted by Crippen LogP contribution is 2.24. The van der Waals surface area contributed by atoms with E-state index in [9.17, 15) is 0 Å². The second-order valence-corrected chi connectivity index (χ2v) is 6.05. The van der Waals surface area contributed by atoms with E-state index < -0.39 is 0 Å². The molecule has 0 saturated carbocycles. The molecule has 0 amide bonds. The molecule has 0 unspecified atom stereocenters. The van der Waals surface area contributed by atoms with Crippen molar-refractivity contribution in [1.29, 1.82) is 0 Å². The van der Waals surface area contributed by atoms with Crippen molar-refractivity contribution in [1.82, 2.24) is 15.3 Å². The van der Waals surface area contributed by atoms with Gasteiger partial charge in [0.15, 0.2) is 5.11 Å². The Morgan fingerprint density at radius 3 is 2.77 bits per heavy atom. The summed E-state index contributed by atoms with van der Waals surface area (Å²) in [5, 5.41) is 6.68. The van der Waals surface area contributed by atoms with Gasteiger partial charge >= 0.3 is 0 Å². The van der Waals surface area contributed by atoms with Gasteiger partial charge in [0.1, 0.15) is 5.82 Å². The average molecular weight is 323 g/mol. The lowest BCUT2D eigenvalue weighted by molar-refractivity contribution is 0.396. The summed E-state index contributed by atoms with van der Waals surface area (Å²) >= 11 is 5.24. The fraction of sp³-hybridized carbons (Fsp3) is 0.667. The molecule has 6 nitrogen and oxygen atoms in total. The summed E-state index contributed by atoms with van der Waals surface area (Å²) in [7, 11) is 1.61. The lowest BCUT2D eigenvalue weighted by Crippen LogP contribution is -2.34. The molecule has 1 fully saturated rings. The van der Waals surface area contributed by atoms with Crippen molar-refractivity contribution in [3.05, 3.63) is 6.07 Å². The Kier molecular flexibility index (Phi) is 6.18. The maximum atomic E-state index is 5.29. The predicted octanol–water partition coefficient (Wildman–Crippen LogP) is 2.42. The third-order valence-corrected chi connectivity index (χ3v) is 4.01. The van der Waals surface area contributed by atoms with Crippen molar-refractivity contribution in [2.75, 3.05) is 37.0 Å². The molecule has 122 valence electrons. The monoisotopic (exact) mass is 323 g/mol. The summed E-state index contributed by atoms with van der Waals surface area (Å²) in [5.41, 5.74) is 0. The van der Waals surface area contributed by atoms with Gasteiger partial charge in [0.2, 0.25) is 11.8 Å². The van der Waals surface area contributed by atoms with Crippen molar-refractivity contribution < 1.29 is 4.74 Å². The summed E-state index contributed by atoms with van der Waals surface area (Å²) < 4.78 is 5.29. The zero-order chi connectivity index (χ0) is 15.9. The molecule has 0 aromatic carbocycles. The van der Waals surface area contributed by atoms with E-state index in [2.05, 4.69) is 39.3 Å². The van der Waals surface area contributed by atoms with Gasteiger partial charge in [0, 0.05) is 25.7 Å². The molecule has 1 aliphatic rings. The largest absolute Gasteiger partial charge is 0.481 e. The van der Waals surface area contributed by atoms with Gasteiger partial charge in [-0.3, -0.25) is 0 Å². The van der Waals surface area contributed by atoms with E-state index in [1.165, 1.54) is 12.8 Å². The van der Waals surface area contributed by atoms with Crippen LogP contribution in [-0.2, 0) is 0 Å². The molecule has 1 aromatic rings. The molecule has 0 spiro atoms. The summed E-state index contributed by atoms with van der Waals surface area (Å²) in [5.74, 6) is 2.69. The summed E-state index contributed by atoms with van der Waals surface area (Å²) in [6.45, 7) is 7.24. The Morgan fingerprint density at radius 1 is 1.41 bits per heavy atom. The van der Waals surface area contributed by atoms with Gasteiger partial charge in [0.05, 0.1) is 7.11 Å². The molecule has 0 radical (unpaired) electrons. The SMILES string of the molecule is CCCNC(=S)Nc1nc(OC)cc(N2CCC(C)CC2)n1. The zero-order valence-electron chi connectivity index (χ0n) is 13.6. The van der Waals surface area contributed by atoms with Crippen molar-refractivity contribution >= 4 is 29.1 Å². The smallest absolute Gasteiger partial charge is 0.234 e. The van der Waals surface area contributed by atoms with Crippen LogP contribution in [-0.4, -0.2) is 41.8 Å². The first-order valence-corrected chi connectivity index (χ1v) is 8.26. The van der Waals surface area contributed by atoms with E-state index in [1.54, 1.807) is 7.11 Å². The van der Waals surface area contributed by atoms with Gasteiger partial charge < -0.3 is 20.3 Å². The first kappa shape index (κ1) is 16.7. The molecule has 1 aromatic heterocycles. The maximum Gasteiger partial charge on any atom is 0.234 e. The lowest BCUT2D eigenvalue weighted by atomic mass is 9.99. The number of hydrogen-bond acceptors (Lipinski definition) is 5. The lowest BCUT2D eigenvalue weighted by Gasteiger charge is -2.31. The molecule has 22 heavy (non-hydrogen) atoms. The Hall–Kier alpha value is -1.63. The summed E-state index contributed by atoms with van der Waals surface area (Å²) in [4.78, 5) is 11.2. The Balaban J connectivity index is 2.10. The van der Waals surface area contributed by atoms with Crippen molar-refractivity contribution in [2.45, 2.75) is 33.1 Å². The van der Waals surface area contributed by atoms with Crippen LogP contribution in [0.15, 0.2) is 6.07 Å². The molecule has 7 heteroatoms. The molecule has 1 saturated heterocycles. The van der Waals surface area contributed by atoms with Crippen LogP contribution in [0.5, 0.6) is 5.88 Å². The molecule has 0 bridgehead atoms. The fourth-order valence-electron chi connectivity index (χ4n) is 2.36. The normalized spacial score (nSPS) is 15.5. The van der Waals surface area contributed by atoms with Crippen LogP contribution < -0.4 is 20.3 Å². The highest BCUT2D eigenvalue weighted by molar-refractivity contribution is 7.80. The van der Waals surface area contributed by atoms with Crippen molar-refractivity contribution in [3.63, 3.8) is 0 Å². The minimum atomic E-state index is 0.474. The Bertz CT molecular complexity index is 503. The van der Waals surface area contributed by atoms with Crippen molar-refractivity contribution in [2.24, 2.45) is 5.92 Å². The number of aromatic nitrogens is 2. The topological polar surface area (TPSA) is 62.3 Å². The second-order valence-electron chi connectivity index (χ2n) is 5.64. The molecule has 2 heterocycles. The van der Waals surface area contributed by atoms with Crippen molar-refractivity contribution in [3.8, 4) is 5.88 Å². The molecular weight excluding hydrogens is 298 g/mol. The average Bonchev–Trinajstić information content (AvgIpc) is 2.53. The van der Waals surface area contributed by atoms with Crippen LogP contribution in [0.4, 0.5) is 11.8 Å². The molecule has 0 aliphatic carbocycles. The molecule has 0 atom stereocenters. The summed E-state index contributed by atoms with van der Waals surface area (Å²) in [6.07, 6.45) is 3.38. The van der Waals surface area contributed by atoms with Gasteiger partial charge in [-0.25, -0.2) is 0 Å². The summed E-state index contributed by atoms with van der Waals surface area (Å²) in [6, 6.07) is 1.88. The van der Waals surface area contributed by atoms with Gasteiger partial charge in [-0.15, -0.1) is 0 Å². The van der Waals surface area contributed by atoms with E-state index in [1.807, 2.05) is 6.07 Å². The minimum Gasteiger partial charge on any atom is -0.481 e. The number of nitrogens with zero attached hydrogens (tertiary/aromatic N) is 3. The number of nitrogens with one attached hydrogen (secondary N) is 2. The predicted molar refractivity (Wildman–Crippen MR) is 93.7 cm³/mol. The van der Waals surface area contributed by atoms with E-state index in [4.69, 9.17) is 17.0 Å². The third-order valence-electron chi connectivity index (χ3n) is 3.77. The van der Waals surface area contributed by atoms with Crippen LogP contribution in [0.1, 0.15) is 33.1 Å². The van der Waals surface area contributed by atoms with Gasteiger partial charge in [-0.2, -0.15) is 9.97 Å². The van der Waals surface area contributed by atoms with E-state index in [0.29, 0.717) is 16.9 Å². The second kappa shape index (κ2) is 8.12. The zero-order valence-corrected chi connectivity index (χ0v) is 14.4. The van der Waals surface area contributed by atoms with Crippen LogP contribution in [0.25, 0.3) is 0 Å². The third kappa shape index (κ3) is 4.69. The van der Waals surface area contributed by atoms with E-state index in [0.717, 1.165) is 37.8 Å². The highest BCUT2D eigenvalue weighted by Gasteiger charge is 2.18. The number of anilines is 2. The minimum absolute atomic E-state index is 0.474. The molecule has 2 rings (SSSR count). The Morgan fingerprint density at radius 2 is 2.14 bits per heavy atom. The molecule has 2 N–H and O–H groups in total. The first-order valence-electron chi connectivity index (χ1n) is 7.85. The van der Waals surface area contributed by atoms with Crippen LogP contribution >= 0.6 is 12.2 Å². The standard InChI is InChI=1S/C15H25N5OS/c1-4-7-16-15(22)19-14-17-12(10-13(18-14)21-3)20-8-5-11(2)6-9-20/h10-11H,4-9H2,1-3H3,(H2,16,17,18,19,22). The number of rotatable bonds is 5. The fourth-order valence-corrected chi connectivity index (χ4v) is 2.55. The quantitative estimate of drug-likeness (QED) is 0.807. The van der Waals surface area contributed by atoms with Crippen LogP contribution in [0.3, 0.4) is 0 Å². The highest BCUT2D eigenvalue weighted by atomic mass is 32.1. The molecular formula is C15H25N5OS. The number of piperidine rings is 1. The number of thiocarbonyl (C=S) groups is 1. The number of hydrogen-bond donors (Lipinski definition) is 2. The van der Waals surface area contributed by atoms with Crippen LogP contribution in [0.2, 0.25) is 0 Å². The number of methoxy groups -OCH3 is 1.